The van der Waals surface area contributed by atoms with Crippen LogP contribution < -0.4 is 5.14 Å². The minimum atomic E-state index is -4.80. The van der Waals surface area contributed by atoms with E-state index in [-0.39, 0.29) is 11.0 Å². The number of hydrogen-bond donors (Lipinski definition) is 1. The lowest BCUT2D eigenvalue weighted by Crippen LogP contribution is -2.26. The van der Waals surface area contributed by atoms with E-state index in [1.807, 2.05) is 20.8 Å². The van der Waals surface area contributed by atoms with Gasteiger partial charge in [-0.3, -0.25) is 19.2 Å². The van der Waals surface area contributed by atoms with Gasteiger partial charge in [0, 0.05) is 46.0 Å². The summed E-state index contributed by atoms with van der Waals surface area (Å²) in [5, 5.41) is 4.55. The Morgan fingerprint density at radius 1 is 1.17 bits per heavy atom. The molecule has 36 heavy (non-hydrogen) atoms. The lowest BCUT2D eigenvalue weighted by molar-refractivity contribution is -0.137. The van der Waals surface area contributed by atoms with Crippen LogP contribution in [0.15, 0.2) is 36.7 Å². The third-order valence-electron chi connectivity index (χ3n) is 5.10. The van der Waals surface area contributed by atoms with E-state index in [4.69, 9.17) is 8.76 Å². The van der Waals surface area contributed by atoms with Gasteiger partial charge in [0.2, 0.25) is 0 Å². The van der Waals surface area contributed by atoms with E-state index in [1.165, 1.54) is 23.1 Å². The summed E-state index contributed by atoms with van der Waals surface area (Å²) in [6, 6.07) is 3.66. The van der Waals surface area contributed by atoms with E-state index in [2.05, 4.69) is 10.1 Å². The lowest BCUT2D eigenvalue weighted by Gasteiger charge is -2.23. The highest BCUT2D eigenvalue weighted by Crippen LogP contribution is 2.39. The van der Waals surface area contributed by atoms with Crippen LogP contribution in [0.2, 0.25) is 0 Å². The Hall–Kier alpha value is -2.48. The van der Waals surface area contributed by atoms with Crippen molar-refractivity contribution < 1.29 is 35.1 Å². The molecule has 2 atom stereocenters. The molecule has 0 aliphatic carbocycles. The molecule has 2 aromatic heterocycles. The number of halogens is 6. The number of alkyl halides is 5. The Morgan fingerprint density at radius 3 is 2.22 bits per heavy atom. The Bertz CT molecular complexity index is 1210. The third kappa shape index (κ3) is 7.51. The molecule has 0 aliphatic rings. The maximum absolute atomic E-state index is 13.9. The number of benzene rings is 1. The molecular formula is C23H27F6N4O2S-. The molecule has 3 aromatic rings. The van der Waals surface area contributed by atoms with Crippen molar-refractivity contribution >= 4 is 22.2 Å². The SMILES string of the molecule is CN(C)C(c1cn(CC(C)(C)C)c2cc(-c3ncc(F)cc3C(F)(F)F)ccc12)C(F)F.NS(=O)[O-]. The van der Waals surface area contributed by atoms with Crippen LogP contribution in [0.5, 0.6) is 0 Å². The number of aromatic nitrogens is 2. The fourth-order valence-electron chi connectivity index (χ4n) is 3.87. The number of nitrogens with two attached hydrogens (primary N) is 1. The second-order valence-electron chi connectivity index (χ2n) is 9.56. The van der Waals surface area contributed by atoms with Crippen molar-refractivity contribution in [1.29, 1.82) is 0 Å². The van der Waals surface area contributed by atoms with Gasteiger partial charge < -0.3 is 9.12 Å². The zero-order valence-electron chi connectivity index (χ0n) is 20.2. The second kappa shape index (κ2) is 11.3. The summed E-state index contributed by atoms with van der Waals surface area (Å²) < 4.78 is 101. The zero-order chi connectivity index (χ0) is 27.6. The number of pyridine rings is 1. The number of nitrogens with zero attached hydrogens (tertiary/aromatic N) is 3. The van der Waals surface area contributed by atoms with E-state index in [0.29, 0.717) is 29.1 Å². The van der Waals surface area contributed by atoms with E-state index in [0.717, 1.165) is 6.20 Å². The summed E-state index contributed by atoms with van der Waals surface area (Å²) in [5.74, 6) is -1.09. The average molecular weight is 538 g/mol. The van der Waals surface area contributed by atoms with E-state index in [1.54, 1.807) is 24.9 Å². The predicted molar refractivity (Wildman–Crippen MR) is 125 cm³/mol. The molecule has 0 amide bonds. The van der Waals surface area contributed by atoms with Crippen molar-refractivity contribution in [3.8, 4) is 11.3 Å². The summed E-state index contributed by atoms with van der Waals surface area (Å²) >= 11 is -2.36. The molecule has 0 saturated carbocycles. The first-order valence-electron chi connectivity index (χ1n) is 10.6. The summed E-state index contributed by atoms with van der Waals surface area (Å²) in [6.07, 6.45) is -5.09. The Kier molecular flexibility index (Phi) is 9.32. The molecular weight excluding hydrogens is 510 g/mol. The van der Waals surface area contributed by atoms with E-state index >= 15 is 0 Å². The molecule has 2 unspecified atom stereocenters. The van der Waals surface area contributed by atoms with Gasteiger partial charge in [0.1, 0.15) is 5.82 Å². The second-order valence-corrected chi connectivity index (χ2v) is 10.1. The topological polar surface area (TPSA) is 87.2 Å². The maximum atomic E-state index is 13.9. The summed E-state index contributed by atoms with van der Waals surface area (Å²) in [7, 11) is 3.10. The molecule has 2 N–H and O–H groups in total. The van der Waals surface area contributed by atoms with Crippen LogP contribution in [-0.2, 0) is 24.0 Å². The van der Waals surface area contributed by atoms with Crippen LogP contribution in [-0.4, -0.2) is 43.7 Å². The van der Waals surface area contributed by atoms with Gasteiger partial charge in [-0.15, -0.1) is 0 Å². The lowest BCUT2D eigenvalue weighted by atomic mass is 9.97. The van der Waals surface area contributed by atoms with Gasteiger partial charge in [-0.25, -0.2) is 13.2 Å². The molecule has 3 rings (SSSR count). The first-order chi connectivity index (χ1) is 16.4. The summed E-state index contributed by atoms with van der Waals surface area (Å²) in [5.41, 5.74) is -0.794. The van der Waals surface area contributed by atoms with Crippen molar-refractivity contribution in [2.45, 2.75) is 46.0 Å². The van der Waals surface area contributed by atoms with Gasteiger partial charge in [0.05, 0.1) is 23.5 Å². The van der Waals surface area contributed by atoms with Crippen LogP contribution >= 0.6 is 0 Å². The molecule has 13 heteroatoms. The van der Waals surface area contributed by atoms with E-state index < -0.39 is 47.0 Å². The largest absolute Gasteiger partial charge is 0.760 e. The highest BCUT2D eigenvalue weighted by molar-refractivity contribution is 7.76. The predicted octanol–water partition coefficient (Wildman–Crippen LogP) is 5.51. The molecule has 1 aromatic carbocycles. The van der Waals surface area contributed by atoms with Crippen molar-refractivity contribution in [3.05, 3.63) is 53.6 Å². The zero-order valence-corrected chi connectivity index (χ0v) is 21.1. The van der Waals surface area contributed by atoms with Gasteiger partial charge >= 0.3 is 6.18 Å². The Morgan fingerprint density at radius 2 is 1.75 bits per heavy atom. The number of rotatable bonds is 5. The normalized spacial score (nSPS) is 14.2. The van der Waals surface area contributed by atoms with Crippen LogP contribution in [0, 0.1) is 11.2 Å². The smallest absolute Gasteiger partial charge is 0.418 e. The Balaban J connectivity index is 0.00000106. The molecule has 0 aliphatic heterocycles. The molecule has 0 saturated heterocycles. The van der Waals surface area contributed by atoms with E-state index in [9.17, 15) is 26.3 Å². The first-order valence-corrected chi connectivity index (χ1v) is 11.7. The molecule has 0 spiro atoms. The molecule has 200 valence electrons. The van der Waals surface area contributed by atoms with Gasteiger partial charge in [-0.2, -0.15) is 13.2 Å². The molecule has 0 bridgehead atoms. The minimum absolute atomic E-state index is 0.128. The van der Waals surface area contributed by atoms with Gasteiger partial charge in [-0.05, 0) is 31.6 Å². The van der Waals surface area contributed by atoms with Crippen LogP contribution in [0.1, 0.15) is 37.9 Å². The maximum Gasteiger partial charge on any atom is 0.418 e. The highest BCUT2D eigenvalue weighted by Gasteiger charge is 2.35. The summed E-state index contributed by atoms with van der Waals surface area (Å²) in [4.78, 5) is 5.11. The Labute approximate surface area is 207 Å². The first kappa shape index (κ1) is 29.7. The van der Waals surface area contributed by atoms with Crippen LogP contribution in [0.4, 0.5) is 26.3 Å². The monoisotopic (exact) mass is 537 g/mol. The highest BCUT2D eigenvalue weighted by atomic mass is 32.2. The van der Waals surface area contributed by atoms with Crippen molar-refractivity contribution in [3.63, 3.8) is 0 Å². The van der Waals surface area contributed by atoms with Crippen molar-refractivity contribution in [2.24, 2.45) is 10.6 Å². The summed E-state index contributed by atoms with van der Waals surface area (Å²) in [6.45, 7) is 6.38. The molecule has 2 heterocycles. The van der Waals surface area contributed by atoms with Crippen LogP contribution in [0.3, 0.4) is 0 Å². The van der Waals surface area contributed by atoms with Crippen molar-refractivity contribution in [2.75, 3.05) is 14.1 Å². The fourth-order valence-corrected chi connectivity index (χ4v) is 3.87. The quantitative estimate of drug-likeness (QED) is 0.343. The number of hydrogen-bond acceptors (Lipinski definition) is 4. The van der Waals surface area contributed by atoms with Crippen molar-refractivity contribution in [1.82, 2.24) is 14.5 Å². The van der Waals surface area contributed by atoms with Gasteiger partial charge in [-0.1, -0.05) is 32.9 Å². The third-order valence-corrected chi connectivity index (χ3v) is 5.10. The van der Waals surface area contributed by atoms with Crippen LogP contribution in [0.25, 0.3) is 22.2 Å². The van der Waals surface area contributed by atoms with Gasteiger partial charge in [0.15, 0.2) is 0 Å². The van der Waals surface area contributed by atoms with Gasteiger partial charge in [0.25, 0.3) is 6.43 Å². The number of fused-ring (bicyclic) bond motifs is 1. The minimum Gasteiger partial charge on any atom is -0.760 e. The molecule has 6 nitrogen and oxygen atoms in total. The average Bonchev–Trinajstić information content (AvgIpc) is 3.02. The standard InChI is InChI=1S/C23H25F6N3.H3NO2S/c1-22(2,3)12-32-11-16(20(21(25)26)31(4)5)15-7-6-13(8-18(15)32)19-17(23(27,28)29)9-14(24)10-30-19;1-4(2)3/h6-11,20-21H,12H2,1-5H3;1H2,(H,2,3)/p-1. The molecule has 0 radical (unpaired) electrons. The fraction of sp³-hybridized carbons (Fsp3) is 0.435. The molecule has 0 fully saturated rings.